The van der Waals surface area contributed by atoms with Crippen molar-refractivity contribution in [2.45, 2.75) is 52.7 Å². The standard InChI is InChI=1S/C15H20ClN5O5/c1-14(2,3)25-12(22)21(13(23)26-15(4,5)6)11-18-9(16)8-10(19-11)20(24)7-17-8/h7,24H,1-6H3. The molecule has 0 atom stereocenters. The zero-order chi connectivity index (χ0) is 19.9. The van der Waals surface area contributed by atoms with Crippen LogP contribution in [0.2, 0.25) is 5.15 Å². The number of ether oxygens (including phenoxy) is 2. The second-order valence-electron chi connectivity index (χ2n) is 7.37. The number of amides is 2. The predicted molar refractivity (Wildman–Crippen MR) is 92.5 cm³/mol. The molecule has 10 nitrogen and oxygen atoms in total. The maximum atomic E-state index is 12.6. The van der Waals surface area contributed by atoms with Crippen molar-refractivity contribution < 1.29 is 24.3 Å². The fraction of sp³-hybridized carbons (Fsp3) is 0.533. The monoisotopic (exact) mass is 385 g/mol. The molecule has 0 aromatic carbocycles. The van der Waals surface area contributed by atoms with E-state index in [0.29, 0.717) is 9.63 Å². The number of fused-ring (bicyclic) bond motifs is 1. The Bertz CT molecular complexity index is 824. The lowest BCUT2D eigenvalue weighted by atomic mass is 10.2. The van der Waals surface area contributed by atoms with Gasteiger partial charge in [-0.3, -0.25) is 0 Å². The number of rotatable bonds is 1. The summed E-state index contributed by atoms with van der Waals surface area (Å²) in [6, 6.07) is 0. The smallest absolute Gasteiger partial charge is 0.427 e. The highest BCUT2D eigenvalue weighted by Gasteiger charge is 2.35. The minimum absolute atomic E-state index is 0.0860. The van der Waals surface area contributed by atoms with Crippen molar-refractivity contribution in [3.63, 3.8) is 0 Å². The van der Waals surface area contributed by atoms with Gasteiger partial charge in [-0.2, -0.15) is 14.7 Å². The van der Waals surface area contributed by atoms with Crippen LogP contribution in [0.15, 0.2) is 6.33 Å². The normalized spacial score (nSPS) is 12.1. The topological polar surface area (TPSA) is 120 Å². The lowest BCUT2D eigenvalue weighted by Crippen LogP contribution is -2.44. The van der Waals surface area contributed by atoms with E-state index in [1.807, 2.05) is 0 Å². The van der Waals surface area contributed by atoms with Crippen molar-refractivity contribution in [2.24, 2.45) is 0 Å². The Morgan fingerprint density at radius 3 is 2.04 bits per heavy atom. The number of halogens is 1. The Hall–Kier alpha value is -2.62. The molecule has 142 valence electrons. The van der Waals surface area contributed by atoms with E-state index in [4.69, 9.17) is 21.1 Å². The van der Waals surface area contributed by atoms with E-state index in [1.165, 1.54) is 0 Å². The zero-order valence-electron chi connectivity index (χ0n) is 15.3. The molecule has 11 heteroatoms. The first kappa shape index (κ1) is 19.7. The quantitative estimate of drug-likeness (QED) is 0.585. The van der Waals surface area contributed by atoms with Gasteiger partial charge in [0, 0.05) is 0 Å². The minimum atomic E-state index is -1.05. The average Bonchev–Trinajstić information content (AvgIpc) is 2.77. The van der Waals surface area contributed by atoms with E-state index in [9.17, 15) is 14.8 Å². The molecule has 2 rings (SSSR count). The second-order valence-corrected chi connectivity index (χ2v) is 7.73. The number of anilines is 1. The predicted octanol–water partition coefficient (Wildman–Crippen LogP) is 3.39. The van der Waals surface area contributed by atoms with Crippen LogP contribution >= 0.6 is 11.6 Å². The summed E-state index contributed by atoms with van der Waals surface area (Å²) in [5.41, 5.74) is -1.75. The summed E-state index contributed by atoms with van der Waals surface area (Å²) < 4.78 is 11.1. The number of imidazole rings is 1. The molecule has 2 aromatic rings. The van der Waals surface area contributed by atoms with E-state index in [2.05, 4.69) is 15.0 Å². The van der Waals surface area contributed by atoms with Crippen molar-refractivity contribution in [2.75, 3.05) is 4.90 Å². The molecule has 26 heavy (non-hydrogen) atoms. The van der Waals surface area contributed by atoms with Crippen LogP contribution in [0.3, 0.4) is 0 Å². The number of carbonyl (C=O) groups excluding carboxylic acids is 2. The van der Waals surface area contributed by atoms with Gasteiger partial charge >= 0.3 is 12.2 Å². The molecule has 0 saturated carbocycles. The van der Waals surface area contributed by atoms with Crippen LogP contribution < -0.4 is 4.90 Å². The molecule has 2 heterocycles. The Kier molecular flexibility index (Phi) is 5.00. The zero-order valence-corrected chi connectivity index (χ0v) is 16.0. The highest BCUT2D eigenvalue weighted by molar-refractivity contribution is 6.33. The van der Waals surface area contributed by atoms with Crippen LogP contribution in [0, 0.1) is 0 Å². The third kappa shape index (κ3) is 4.51. The molecule has 0 saturated heterocycles. The number of carbonyl (C=O) groups is 2. The molecule has 0 bridgehead atoms. The van der Waals surface area contributed by atoms with E-state index in [1.54, 1.807) is 41.5 Å². The molecule has 2 aromatic heterocycles. The van der Waals surface area contributed by atoms with Crippen LogP contribution in [-0.2, 0) is 9.47 Å². The Morgan fingerprint density at radius 2 is 1.58 bits per heavy atom. The summed E-state index contributed by atoms with van der Waals surface area (Å²) in [5, 5.41) is 9.59. The van der Waals surface area contributed by atoms with Crippen LogP contribution in [0.4, 0.5) is 15.5 Å². The maximum absolute atomic E-state index is 12.6. The van der Waals surface area contributed by atoms with Crippen LogP contribution in [0.5, 0.6) is 0 Å². The van der Waals surface area contributed by atoms with E-state index >= 15 is 0 Å². The van der Waals surface area contributed by atoms with E-state index < -0.39 is 29.3 Å². The molecule has 0 aliphatic rings. The second kappa shape index (κ2) is 6.60. The van der Waals surface area contributed by atoms with Gasteiger partial charge in [-0.15, -0.1) is 4.90 Å². The number of hydrogen-bond acceptors (Lipinski definition) is 8. The van der Waals surface area contributed by atoms with Gasteiger partial charge < -0.3 is 14.7 Å². The lowest BCUT2D eigenvalue weighted by molar-refractivity contribution is 0.0427. The molecule has 1 N–H and O–H groups in total. The summed E-state index contributed by atoms with van der Waals surface area (Å²) in [5.74, 6) is -0.415. The number of imide groups is 1. The molecule has 0 fully saturated rings. The van der Waals surface area contributed by atoms with Crippen molar-refractivity contribution in [3.8, 4) is 0 Å². The first-order valence-corrected chi connectivity index (χ1v) is 8.02. The van der Waals surface area contributed by atoms with Gasteiger partial charge in [-0.1, -0.05) is 11.6 Å². The lowest BCUT2D eigenvalue weighted by Gasteiger charge is -2.27. The summed E-state index contributed by atoms with van der Waals surface area (Å²) in [4.78, 5) is 37.3. The maximum Gasteiger partial charge on any atom is 0.427 e. The van der Waals surface area contributed by atoms with Crippen molar-refractivity contribution in [3.05, 3.63) is 11.5 Å². The van der Waals surface area contributed by atoms with E-state index in [-0.39, 0.29) is 16.3 Å². The molecular formula is C15H20ClN5O5. The number of aromatic nitrogens is 4. The molecule has 0 aliphatic carbocycles. The SMILES string of the molecule is CC(C)(C)OC(=O)N(C(=O)OC(C)(C)C)c1nc(Cl)c2ncn(O)c2n1. The molecule has 0 unspecified atom stereocenters. The van der Waals surface area contributed by atoms with Gasteiger partial charge in [0.1, 0.15) is 23.0 Å². The Balaban J connectivity index is 2.54. The third-order valence-corrected chi connectivity index (χ3v) is 2.94. The van der Waals surface area contributed by atoms with Crippen LogP contribution in [-0.4, -0.2) is 48.3 Å². The van der Waals surface area contributed by atoms with E-state index in [0.717, 1.165) is 6.33 Å². The molecular weight excluding hydrogens is 366 g/mol. The van der Waals surface area contributed by atoms with Gasteiger partial charge in [-0.25, -0.2) is 14.6 Å². The Morgan fingerprint density at radius 1 is 1.08 bits per heavy atom. The van der Waals surface area contributed by atoms with Gasteiger partial charge in [0.05, 0.1) is 0 Å². The summed E-state index contributed by atoms with van der Waals surface area (Å²) in [6.45, 7) is 9.82. The molecule has 2 amide bonds. The highest BCUT2D eigenvalue weighted by Crippen LogP contribution is 2.24. The molecule has 0 spiro atoms. The van der Waals surface area contributed by atoms with Crippen molar-refractivity contribution in [1.82, 2.24) is 19.7 Å². The number of nitrogens with zero attached hydrogens (tertiary/aromatic N) is 5. The first-order valence-electron chi connectivity index (χ1n) is 7.64. The first-order chi connectivity index (χ1) is 11.8. The molecule has 0 radical (unpaired) electrons. The van der Waals surface area contributed by atoms with Gasteiger partial charge in [0.2, 0.25) is 11.6 Å². The highest BCUT2D eigenvalue weighted by atomic mass is 35.5. The largest absolute Gasteiger partial charge is 0.443 e. The van der Waals surface area contributed by atoms with Crippen molar-refractivity contribution in [1.29, 1.82) is 0 Å². The molecule has 0 aliphatic heterocycles. The van der Waals surface area contributed by atoms with Gasteiger partial charge in [0.25, 0.3) is 0 Å². The average molecular weight is 386 g/mol. The fourth-order valence-corrected chi connectivity index (χ4v) is 2.01. The third-order valence-electron chi connectivity index (χ3n) is 2.68. The Labute approximate surface area is 154 Å². The van der Waals surface area contributed by atoms with Gasteiger partial charge in [-0.05, 0) is 41.5 Å². The van der Waals surface area contributed by atoms with Gasteiger partial charge in [0.15, 0.2) is 5.15 Å². The minimum Gasteiger partial charge on any atom is -0.443 e. The fourth-order valence-electron chi connectivity index (χ4n) is 1.80. The van der Waals surface area contributed by atoms with Crippen LogP contribution in [0.25, 0.3) is 11.2 Å². The number of hydrogen-bond donors (Lipinski definition) is 1. The summed E-state index contributed by atoms with van der Waals surface area (Å²) >= 11 is 6.03. The van der Waals surface area contributed by atoms with Crippen molar-refractivity contribution >= 4 is 40.9 Å². The van der Waals surface area contributed by atoms with Crippen LogP contribution in [0.1, 0.15) is 41.5 Å². The summed E-state index contributed by atoms with van der Waals surface area (Å²) in [7, 11) is 0. The summed E-state index contributed by atoms with van der Waals surface area (Å²) in [6.07, 6.45) is -1.04.